The maximum absolute atomic E-state index is 11.5. The van der Waals surface area contributed by atoms with Gasteiger partial charge in [-0.15, -0.1) is 0 Å². The Bertz CT molecular complexity index is 297. The van der Waals surface area contributed by atoms with Gasteiger partial charge in [0.25, 0.3) is 5.91 Å². The van der Waals surface area contributed by atoms with Gasteiger partial charge in [0, 0.05) is 26.3 Å². The zero-order chi connectivity index (χ0) is 9.84. The van der Waals surface area contributed by atoms with Crippen molar-refractivity contribution in [3.63, 3.8) is 0 Å². The average molecular weight is 202 g/mol. The van der Waals surface area contributed by atoms with Gasteiger partial charge in [-0.3, -0.25) is 4.79 Å². The summed E-state index contributed by atoms with van der Waals surface area (Å²) in [5.74, 6) is -0.0997. The molecule has 0 aliphatic rings. The van der Waals surface area contributed by atoms with Gasteiger partial charge in [0.2, 0.25) is 0 Å². The number of hydrogen-bond acceptors (Lipinski definition) is 2. The van der Waals surface area contributed by atoms with Crippen molar-refractivity contribution in [1.82, 2.24) is 9.88 Å². The van der Waals surface area contributed by atoms with E-state index in [1.807, 2.05) is 0 Å². The molecule has 0 aromatic carbocycles. The number of aromatic amines is 1. The van der Waals surface area contributed by atoms with Gasteiger partial charge in [0.1, 0.15) is 5.69 Å². The molecule has 1 rings (SSSR count). The number of hydrogen-bond donors (Lipinski definition) is 2. The van der Waals surface area contributed by atoms with Crippen molar-refractivity contribution in [2.75, 3.05) is 20.1 Å². The molecule has 0 fully saturated rings. The fourth-order valence-corrected chi connectivity index (χ4v) is 1.16. The van der Waals surface area contributed by atoms with Crippen LogP contribution in [-0.4, -0.2) is 35.9 Å². The third-order valence-corrected chi connectivity index (χ3v) is 1.91. The lowest BCUT2D eigenvalue weighted by Crippen LogP contribution is -2.31. The molecule has 0 saturated carbocycles. The number of carbonyl (C=O) groups excluding carboxylic acids is 1. The van der Waals surface area contributed by atoms with Gasteiger partial charge in [-0.25, -0.2) is 0 Å². The smallest absolute Gasteiger partial charge is 0.270 e. The molecule has 0 spiro atoms. The molecule has 0 unspecified atom stereocenters. The minimum Gasteiger partial charge on any atom is -0.356 e. The van der Waals surface area contributed by atoms with E-state index in [0.717, 1.165) is 0 Å². The zero-order valence-electron chi connectivity index (χ0n) is 7.38. The molecule has 3 N–H and O–H groups in total. The Morgan fingerprint density at radius 3 is 2.92 bits per heavy atom. The van der Waals surface area contributed by atoms with Crippen LogP contribution < -0.4 is 5.73 Å². The predicted octanol–water partition coefficient (Wildman–Crippen LogP) is 0.699. The first kappa shape index (κ1) is 10.1. The first-order valence-corrected chi connectivity index (χ1v) is 4.32. The number of nitrogens with two attached hydrogens (primary N) is 1. The quantitative estimate of drug-likeness (QED) is 0.756. The second-order valence-electron chi connectivity index (χ2n) is 2.75. The van der Waals surface area contributed by atoms with Gasteiger partial charge in [-0.2, -0.15) is 0 Å². The lowest BCUT2D eigenvalue weighted by atomic mass is 10.4. The SMILES string of the molecule is CN(CCN)C(=O)c1cc(Cl)c[nH]1. The monoisotopic (exact) mass is 201 g/mol. The van der Waals surface area contributed by atoms with E-state index in [1.54, 1.807) is 24.2 Å². The van der Waals surface area contributed by atoms with Crippen LogP contribution in [0.3, 0.4) is 0 Å². The summed E-state index contributed by atoms with van der Waals surface area (Å²) in [6.45, 7) is 0.992. The number of nitrogens with zero attached hydrogens (tertiary/aromatic N) is 1. The number of rotatable bonds is 3. The maximum Gasteiger partial charge on any atom is 0.270 e. The van der Waals surface area contributed by atoms with E-state index < -0.39 is 0 Å². The number of H-pyrrole nitrogens is 1. The predicted molar refractivity (Wildman–Crippen MR) is 51.8 cm³/mol. The molecular formula is C8H12ClN3O. The van der Waals surface area contributed by atoms with Crippen LogP contribution in [0.1, 0.15) is 10.5 Å². The second kappa shape index (κ2) is 4.30. The summed E-state index contributed by atoms with van der Waals surface area (Å²) in [5.41, 5.74) is 5.81. The van der Waals surface area contributed by atoms with Gasteiger partial charge >= 0.3 is 0 Å². The van der Waals surface area contributed by atoms with Crippen LogP contribution in [0.5, 0.6) is 0 Å². The fraction of sp³-hybridized carbons (Fsp3) is 0.375. The number of amides is 1. The van der Waals surface area contributed by atoms with E-state index in [2.05, 4.69) is 4.98 Å². The highest BCUT2D eigenvalue weighted by Gasteiger charge is 2.11. The normalized spacial score (nSPS) is 10.1. The van der Waals surface area contributed by atoms with E-state index in [0.29, 0.717) is 23.8 Å². The van der Waals surface area contributed by atoms with Crippen molar-refractivity contribution in [1.29, 1.82) is 0 Å². The molecule has 1 aromatic rings. The number of halogens is 1. The van der Waals surface area contributed by atoms with Gasteiger partial charge in [-0.1, -0.05) is 11.6 Å². The minimum absolute atomic E-state index is 0.0997. The van der Waals surface area contributed by atoms with E-state index >= 15 is 0 Å². The molecule has 13 heavy (non-hydrogen) atoms. The Kier molecular flexibility index (Phi) is 3.33. The molecule has 0 atom stereocenters. The van der Waals surface area contributed by atoms with Crippen LogP contribution in [0.15, 0.2) is 12.3 Å². The fourth-order valence-electron chi connectivity index (χ4n) is 0.992. The van der Waals surface area contributed by atoms with E-state index in [4.69, 9.17) is 17.3 Å². The molecule has 5 heteroatoms. The highest BCUT2D eigenvalue weighted by molar-refractivity contribution is 6.30. The molecule has 72 valence electrons. The molecule has 1 aromatic heterocycles. The van der Waals surface area contributed by atoms with Crippen LogP contribution in [-0.2, 0) is 0 Å². The van der Waals surface area contributed by atoms with E-state index in [1.165, 1.54) is 0 Å². The lowest BCUT2D eigenvalue weighted by molar-refractivity contribution is 0.0794. The maximum atomic E-state index is 11.5. The van der Waals surface area contributed by atoms with Crippen molar-refractivity contribution < 1.29 is 4.79 Å². The summed E-state index contributed by atoms with van der Waals surface area (Å²) in [6, 6.07) is 1.59. The highest BCUT2D eigenvalue weighted by Crippen LogP contribution is 2.10. The van der Waals surface area contributed by atoms with Crippen LogP contribution >= 0.6 is 11.6 Å². The molecular weight excluding hydrogens is 190 g/mol. The molecule has 1 heterocycles. The number of carbonyl (C=O) groups is 1. The first-order chi connectivity index (χ1) is 6.15. The number of aromatic nitrogens is 1. The van der Waals surface area contributed by atoms with Crippen LogP contribution in [0.25, 0.3) is 0 Å². The Morgan fingerprint density at radius 2 is 2.46 bits per heavy atom. The second-order valence-corrected chi connectivity index (χ2v) is 3.18. The van der Waals surface area contributed by atoms with Crippen molar-refractivity contribution in [2.45, 2.75) is 0 Å². The van der Waals surface area contributed by atoms with Crippen molar-refractivity contribution >= 4 is 17.5 Å². The van der Waals surface area contributed by atoms with Crippen LogP contribution in [0.4, 0.5) is 0 Å². The van der Waals surface area contributed by atoms with Crippen LogP contribution in [0.2, 0.25) is 5.02 Å². The first-order valence-electron chi connectivity index (χ1n) is 3.94. The largest absolute Gasteiger partial charge is 0.356 e. The molecule has 4 nitrogen and oxygen atoms in total. The summed E-state index contributed by atoms with van der Waals surface area (Å²) in [7, 11) is 1.70. The summed E-state index contributed by atoms with van der Waals surface area (Å²) >= 11 is 5.66. The molecule has 0 bridgehead atoms. The standard InChI is InChI=1S/C8H12ClN3O/c1-12(3-2-10)8(13)7-4-6(9)5-11-7/h4-5,11H,2-3,10H2,1H3. The molecule has 1 amide bonds. The summed E-state index contributed by atoms with van der Waals surface area (Å²) in [6.07, 6.45) is 1.57. The van der Waals surface area contributed by atoms with E-state index in [-0.39, 0.29) is 5.91 Å². The zero-order valence-corrected chi connectivity index (χ0v) is 8.14. The Balaban J connectivity index is 2.67. The summed E-state index contributed by atoms with van der Waals surface area (Å²) in [4.78, 5) is 15.9. The van der Waals surface area contributed by atoms with Gasteiger partial charge < -0.3 is 15.6 Å². The van der Waals surface area contributed by atoms with Gasteiger partial charge in [0.15, 0.2) is 0 Å². The average Bonchev–Trinajstić information content (AvgIpc) is 2.51. The lowest BCUT2D eigenvalue weighted by Gasteiger charge is -2.14. The third-order valence-electron chi connectivity index (χ3n) is 1.69. The topological polar surface area (TPSA) is 62.1 Å². The Morgan fingerprint density at radius 1 is 1.77 bits per heavy atom. The Labute approximate surface area is 81.7 Å². The third kappa shape index (κ3) is 2.47. The Hall–Kier alpha value is -1.00. The van der Waals surface area contributed by atoms with Crippen LogP contribution in [0, 0.1) is 0 Å². The molecule has 0 aliphatic carbocycles. The molecule has 0 aliphatic heterocycles. The molecule has 0 radical (unpaired) electrons. The number of likely N-dealkylation sites (N-methyl/N-ethyl adjacent to an activating group) is 1. The van der Waals surface area contributed by atoms with Gasteiger partial charge in [0.05, 0.1) is 5.02 Å². The number of nitrogens with one attached hydrogen (secondary N) is 1. The highest BCUT2D eigenvalue weighted by atomic mass is 35.5. The van der Waals surface area contributed by atoms with Crippen molar-refractivity contribution in [2.24, 2.45) is 5.73 Å². The van der Waals surface area contributed by atoms with Gasteiger partial charge in [-0.05, 0) is 6.07 Å². The summed E-state index contributed by atoms with van der Waals surface area (Å²) in [5, 5.41) is 0.532. The molecule has 0 saturated heterocycles. The van der Waals surface area contributed by atoms with Crippen molar-refractivity contribution in [3.05, 3.63) is 23.0 Å². The summed E-state index contributed by atoms with van der Waals surface area (Å²) < 4.78 is 0. The van der Waals surface area contributed by atoms with Crippen molar-refractivity contribution in [3.8, 4) is 0 Å². The van der Waals surface area contributed by atoms with E-state index in [9.17, 15) is 4.79 Å². The minimum atomic E-state index is -0.0997.